The van der Waals surface area contributed by atoms with E-state index in [0.717, 1.165) is 35.8 Å². The molecule has 1 aromatic heterocycles. The molecule has 0 radical (unpaired) electrons. The summed E-state index contributed by atoms with van der Waals surface area (Å²) in [6.07, 6.45) is 2.95. The highest BCUT2D eigenvalue weighted by Crippen LogP contribution is 2.28. The lowest BCUT2D eigenvalue weighted by molar-refractivity contribution is 0.0889. The molecule has 3 rings (SSSR count). The maximum Gasteiger partial charge on any atom is 0.287 e. The van der Waals surface area contributed by atoms with Crippen LogP contribution < -0.4 is 5.32 Å². The quantitative estimate of drug-likeness (QED) is 0.903. The molecule has 0 saturated heterocycles. The second-order valence-corrected chi connectivity index (χ2v) is 5.51. The van der Waals surface area contributed by atoms with Gasteiger partial charge in [-0.1, -0.05) is 24.6 Å². The van der Waals surface area contributed by atoms with E-state index in [0.29, 0.717) is 5.76 Å². The van der Waals surface area contributed by atoms with E-state index in [1.54, 1.807) is 0 Å². The third-order valence-electron chi connectivity index (χ3n) is 4.26. The van der Waals surface area contributed by atoms with Gasteiger partial charge in [-0.3, -0.25) is 4.79 Å². The molecule has 2 unspecified atom stereocenters. The Morgan fingerprint density at radius 3 is 2.95 bits per heavy atom. The highest BCUT2D eigenvalue weighted by Gasteiger charge is 2.29. The number of rotatable bonds is 3. The lowest BCUT2D eigenvalue weighted by Crippen LogP contribution is -2.38. The van der Waals surface area contributed by atoms with Crippen molar-refractivity contribution in [1.29, 1.82) is 0 Å². The zero-order valence-corrected chi connectivity index (χ0v) is 11.6. The van der Waals surface area contributed by atoms with Crippen LogP contribution in [0.1, 0.15) is 35.4 Å². The Labute approximate surface area is 117 Å². The molecule has 2 aromatic rings. The molecule has 2 atom stereocenters. The molecule has 0 spiro atoms. The van der Waals surface area contributed by atoms with Gasteiger partial charge in [0.15, 0.2) is 5.76 Å². The van der Waals surface area contributed by atoms with E-state index in [9.17, 15) is 9.90 Å². The first kappa shape index (κ1) is 13.2. The van der Waals surface area contributed by atoms with Crippen molar-refractivity contribution in [3.63, 3.8) is 0 Å². The fraction of sp³-hybridized carbons (Fsp3) is 0.438. The first-order valence-corrected chi connectivity index (χ1v) is 7.10. The molecule has 1 aliphatic rings. The first-order chi connectivity index (χ1) is 9.70. The molecule has 1 aromatic carbocycles. The van der Waals surface area contributed by atoms with Crippen molar-refractivity contribution in [3.05, 3.63) is 35.6 Å². The molecule has 1 aliphatic carbocycles. The number of fused-ring (bicyclic) bond motifs is 1. The maximum absolute atomic E-state index is 12.4. The summed E-state index contributed by atoms with van der Waals surface area (Å²) < 4.78 is 5.67. The van der Waals surface area contributed by atoms with Crippen LogP contribution in [0.25, 0.3) is 11.0 Å². The standard InChI is InChI=1S/C16H19NO3/c1-10-12-6-2-3-8-14(12)20-15(10)16(19)17-13-7-4-5-11(13)9-18/h2-3,6,8,11,13,18H,4-5,7,9H2,1H3,(H,17,19). The fourth-order valence-corrected chi connectivity index (χ4v) is 3.07. The molecule has 106 valence electrons. The number of aliphatic hydroxyl groups is 1. The third kappa shape index (κ3) is 2.20. The van der Waals surface area contributed by atoms with Gasteiger partial charge in [0.1, 0.15) is 5.58 Å². The number of hydrogen-bond donors (Lipinski definition) is 2. The van der Waals surface area contributed by atoms with Crippen molar-refractivity contribution in [2.75, 3.05) is 6.61 Å². The molecule has 4 nitrogen and oxygen atoms in total. The van der Waals surface area contributed by atoms with E-state index >= 15 is 0 Å². The molecule has 20 heavy (non-hydrogen) atoms. The number of furan rings is 1. The fourth-order valence-electron chi connectivity index (χ4n) is 3.07. The molecule has 1 amide bonds. The predicted molar refractivity (Wildman–Crippen MR) is 76.6 cm³/mol. The van der Waals surface area contributed by atoms with Crippen LogP contribution in [0.4, 0.5) is 0 Å². The SMILES string of the molecule is Cc1c(C(=O)NC2CCCC2CO)oc2ccccc12. The van der Waals surface area contributed by atoms with Crippen molar-refractivity contribution >= 4 is 16.9 Å². The van der Waals surface area contributed by atoms with Crippen molar-refractivity contribution < 1.29 is 14.3 Å². The second-order valence-electron chi connectivity index (χ2n) is 5.51. The summed E-state index contributed by atoms with van der Waals surface area (Å²) >= 11 is 0. The normalized spacial score (nSPS) is 22.3. The predicted octanol–water partition coefficient (Wildman–Crippen LogP) is 2.63. The number of carbonyl (C=O) groups is 1. The zero-order chi connectivity index (χ0) is 14.1. The van der Waals surface area contributed by atoms with Crippen LogP contribution in [-0.2, 0) is 0 Å². The van der Waals surface area contributed by atoms with Gasteiger partial charge >= 0.3 is 0 Å². The van der Waals surface area contributed by atoms with Gasteiger partial charge in [-0.2, -0.15) is 0 Å². The minimum Gasteiger partial charge on any atom is -0.451 e. The molecule has 1 fully saturated rings. The minimum absolute atomic E-state index is 0.0557. The van der Waals surface area contributed by atoms with Crippen molar-refractivity contribution in [2.24, 2.45) is 5.92 Å². The molecule has 4 heteroatoms. The lowest BCUT2D eigenvalue weighted by Gasteiger charge is -2.18. The largest absolute Gasteiger partial charge is 0.451 e. The van der Waals surface area contributed by atoms with Gasteiger partial charge in [0, 0.05) is 29.5 Å². The number of benzene rings is 1. The number of amides is 1. The van der Waals surface area contributed by atoms with E-state index in [1.807, 2.05) is 31.2 Å². The summed E-state index contributed by atoms with van der Waals surface area (Å²) in [5.41, 5.74) is 1.61. The van der Waals surface area contributed by atoms with Gasteiger partial charge in [0.2, 0.25) is 0 Å². The van der Waals surface area contributed by atoms with Crippen molar-refractivity contribution in [1.82, 2.24) is 5.32 Å². The second kappa shape index (κ2) is 5.29. The van der Waals surface area contributed by atoms with Gasteiger partial charge in [0.25, 0.3) is 5.91 Å². The number of carbonyl (C=O) groups excluding carboxylic acids is 1. The molecule has 0 aliphatic heterocycles. The summed E-state index contributed by atoms with van der Waals surface area (Å²) in [7, 11) is 0. The van der Waals surface area contributed by atoms with E-state index in [4.69, 9.17) is 4.42 Å². The summed E-state index contributed by atoms with van der Waals surface area (Å²) in [5, 5.41) is 13.3. The molecule has 1 heterocycles. The van der Waals surface area contributed by atoms with Crippen LogP contribution in [0.2, 0.25) is 0 Å². The minimum atomic E-state index is -0.177. The first-order valence-electron chi connectivity index (χ1n) is 7.10. The van der Waals surface area contributed by atoms with Crippen LogP contribution in [0.3, 0.4) is 0 Å². The highest BCUT2D eigenvalue weighted by molar-refractivity contribution is 5.99. The van der Waals surface area contributed by atoms with Crippen molar-refractivity contribution in [3.8, 4) is 0 Å². The molecule has 2 N–H and O–H groups in total. The highest BCUT2D eigenvalue weighted by atomic mass is 16.3. The monoisotopic (exact) mass is 273 g/mol. The number of hydrogen-bond acceptors (Lipinski definition) is 3. The zero-order valence-electron chi connectivity index (χ0n) is 11.6. The van der Waals surface area contributed by atoms with Gasteiger partial charge in [-0.15, -0.1) is 0 Å². The van der Waals surface area contributed by atoms with Crippen molar-refractivity contribution in [2.45, 2.75) is 32.2 Å². The third-order valence-corrected chi connectivity index (χ3v) is 4.26. The molecular weight excluding hydrogens is 254 g/mol. The topological polar surface area (TPSA) is 62.5 Å². The van der Waals surface area contributed by atoms with Crippen LogP contribution in [0, 0.1) is 12.8 Å². The Morgan fingerprint density at radius 2 is 2.20 bits per heavy atom. The number of para-hydroxylation sites is 1. The number of aryl methyl sites for hydroxylation is 1. The van der Waals surface area contributed by atoms with E-state index < -0.39 is 0 Å². The van der Waals surface area contributed by atoms with Gasteiger partial charge in [-0.25, -0.2) is 0 Å². The van der Waals surface area contributed by atoms with E-state index in [1.165, 1.54) is 0 Å². The summed E-state index contributed by atoms with van der Waals surface area (Å²) in [6, 6.07) is 7.71. The average molecular weight is 273 g/mol. The Morgan fingerprint density at radius 1 is 1.40 bits per heavy atom. The van der Waals surface area contributed by atoms with Crippen LogP contribution in [0.15, 0.2) is 28.7 Å². The van der Waals surface area contributed by atoms with Crippen LogP contribution >= 0.6 is 0 Å². The molecular formula is C16H19NO3. The summed E-state index contributed by atoms with van der Waals surface area (Å²) in [6.45, 7) is 2.03. The van der Waals surface area contributed by atoms with E-state index in [-0.39, 0.29) is 24.5 Å². The Kier molecular flexibility index (Phi) is 3.49. The Hall–Kier alpha value is -1.81. The summed E-state index contributed by atoms with van der Waals surface area (Å²) in [5.74, 6) is 0.377. The molecule has 1 saturated carbocycles. The van der Waals surface area contributed by atoms with Crippen LogP contribution in [-0.4, -0.2) is 23.7 Å². The number of aliphatic hydroxyl groups excluding tert-OH is 1. The van der Waals surface area contributed by atoms with Gasteiger partial charge in [-0.05, 0) is 25.8 Å². The summed E-state index contributed by atoms with van der Waals surface area (Å²) in [4.78, 5) is 12.4. The number of nitrogens with one attached hydrogen (secondary N) is 1. The Balaban J connectivity index is 1.84. The lowest BCUT2D eigenvalue weighted by atomic mass is 10.0. The van der Waals surface area contributed by atoms with Gasteiger partial charge < -0.3 is 14.8 Å². The molecule has 0 bridgehead atoms. The maximum atomic E-state index is 12.4. The average Bonchev–Trinajstić information content (AvgIpc) is 3.04. The Bertz CT molecular complexity index is 632. The van der Waals surface area contributed by atoms with E-state index in [2.05, 4.69) is 5.32 Å². The van der Waals surface area contributed by atoms with Gasteiger partial charge in [0.05, 0.1) is 0 Å². The smallest absolute Gasteiger partial charge is 0.287 e. The van der Waals surface area contributed by atoms with Crippen LogP contribution in [0.5, 0.6) is 0 Å².